The van der Waals surface area contributed by atoms with E-state index in [9.17, 15) is 14.4 Å². The highest BCUT2D eigenvalue weighted by atomic mass is 16.2. The lowest BCUT2D eigenvalue weighted by Gasteiger charge is -2.48. The molecule has 0 spiro atoms. The van der Waals surface area contributed by atoms with Gasteiger partial charge in [0.2, 0.25) is 11.8 Å². The van der Waals surface area contributed by atoms with Crippen LogP contribution in [0.2, 0.25) is 0 Å². The number of piperidine rings is 1. The van der Waals surface area contributed by atoms with E-state index in [2.05, 4.69) is 10.6 Å². The lowest BCUT2D eigenvalue weighted by molar-refractivity contribution is -0.124. The van der Waals surface area contributed by atoms with Crippen LogP contribution >= 0.6 is 0 Å². The van der Waals surface area contributed by atoms with Crippen molar-refractivity contribution in [2.75, 3.05) is 24.5 Å². The topological polar surface area (TPSA) is 81.8 Å². The Bertz CT molecular complexity index is 759. The van der Waals surface area contributed by atoms with Crippen LogP contribution in [0.5, 0.6) is 0 Å². The summed E-state index contributed by atoms with van der Waals surface area (Å²) >= 11 is 0. The summed E-state index contributed by atoms with van der Waals surface area (Å²) in [6.45, 7) is 3.57. The van der Waals surface area contributed by atoms with Crippen molar-refractivity contribution in [3.63, 3.8) is 0 Å². The normalized spacial score (nSPS) is 28.0. The van der Waals surface area contributed by atoms with Crippen LogP contribution in [-0.2, 0) is 9.59 Å². The van der Waals surface area contributed by atoms with E-state index in [0.29, 0.717) is 24.1 Å². The standard InChI is InChI=1S/C19H24N4O3/c1-19-9-8-17(25)23(19)15-7-3-2-6-14(15)18(26)22(19)12-16(24)21-13-5-4-10-20-11-13/h2-3,6-7,13,20H,4-5,8-12H2,1H3,(H,21,24)/t13-,19?/m0/s1. The van der Waals surface area contributed by atoms with Gasteiger partial charge in [-0.1, -0.05) is 12.1 Å². The van der Waals surface area contributed by atoms with Gasteiger partial charge in [-0.15, -0.1) is 0 Å². The number of nitrogens with zero attached hydrogens (tertiary/aromatic N) is 2. The Morgan fingerprint density at radius 3 is 2.92 bits per heavy atom. The molecule has 1 aromatic carbocycles. The Labute approximate surface area is 152 Å². The van der Waals surface area contributed by atoms with Gasteiger partial charge >= 0.3 is 0 Å². The maximum atomic E-state index is 13.1. The van der Waals surface area contributed by atoms with Gasteiger partial charge in [0.15, 0.2) is 0 Å². The molecule has 26 heavy (non-hydrogen) atoms. The van der Waals surface area contributed by atoms with E-state index in [1.807, 2.05) is 13.0 Å². The van der Waals surface area contributed by atoms with Crippen LogP contribution in [0.25, 0.3) is 0 Å². The number of rotatable bonds is 3. The fourth-order valence-electron chi connectivity index (χ4n) is 4.33. The second-order valence-corrected chi connectivity index (χ2v) is 7.47. The highest BCUT2D eigenvalue weighted by Crippen LogP contribution is 2.43. The van der Waals surface area contributed by atoms with E-state index in [4.69, 9.17) is 0 Å². The summed E-state index contributed by atoms with van der Waals surface area (Å²) in [6, 6.07) is 7.23. The molecule has 7 heteroatoms. The third-order valence-electron chi connectivity index (χ3n) is 5.71. The first-order valence-electron chi connectivity index (χ1n) is 9.25. The van der Waals surface area contributed by atoms with Crippen LogP contribution in [0.1, 0.15) is 43.0 Å². The minimum Gasteiger partial charge on any atom is -0.351 e. The zero-order valence-electron chi connectivity index (χ0n) is 15.0. The molecule has 2 N–H and O–H groups in total. The maximum Gasteiger partial charge on any atom is 0.258 e. The van der Waals surface area contributed by atoms with Crippen molar-refractivity contribution < 1.29 is 14.4 Å². The number of anilines is 1. The number of amides is 3. The predicted octanol–water partition coefficient (Wildman–Crippen LogP) is 0.854. The number of fused-ring (bicyclic) bond motifs is 3. The molecule has 3 aliphatic heterocycles. The number of carbonyl (C=O) groups is 3. The summed E-state index contributed by atoms with van der Waals surface area (Å²) in [6.07, 6.45) is 2.88. The zero-order chi connectivity index (χ0) is 18.3. The molecule has 3 amide bonds. The Balaban J connectivity index is 1.60. The summed E-state index contributed by atoms with van der Waals surface area (Å²) in [5, 5.41) is 6.29. The molecule has 2 saturated heterocycles. The van der Waals surface area contributed by atoms with Gasteiger partial charge in [0, 0.05) is 19.0 Å². The molecule has 0 aliphatic carbocycles. The average Bonchev–Trinajstić information content (AvgIpc) is 2.95. The highest BCUT2D eigenvalue weighted by molar-refractivity contribution is 6.11. The largest absolute Gasteiger partial charge is 0.351 e. The van der Waals surface area contributed by atoms with Crippen molar-refractivity contribution in [3.8, 4) is 0 Å². The Kier molecular flexibility index (Phi) is 4.19. The van der Waals surface area contributed by atoms with Crippen molar-refractivity contribution in [1.29, 1.82) is 0 Å². The number of hydrogen-bond acceptors (Lipinski definition) is 4. The first-order valence-corrected chi connectivity index (χ1v) is 9.25. The quantitative estimate of drug-likeness (QED) is 0.841. The molecule has 4 rings (SSSR count). The van der Waals surface area contributed by atoms with Crippen LogP contribution in [0.4, 0.5) is 5.69 Å². The van der Waals surface area contributed by atoms with E-state index in [1.165, 1.54) is 0 Å². The highest BCUT2D eigenvalue weighted by Gasteiger charge is 2.53. The van der Waals surface area contributed by atoms with Gasteiger partial charge in [0.25, 0.3) is 5.91 Å². The molecule has 138 valence electrons. The number of hydrogen-bond donors (Lipinski definition) is 2. The molecule has 0 bridgehead atoms. The van der Waals surface area contributed by atoms with Gasteiger partial charge in [-0.25, -0.2) is 0 Å². The smallest absolute Gasteiger partial charge is 0.258 e. The van der Waals surface area contributed by atoms with Crippen LogP contribution in [0.15, 0.2) is 24.3 Å². The number of nitrogens with one attached hydrogen (secondary N) is 2. The lowest BCUT2D eigenvalue weighted by Crippen LogP contribution is -2.64. The maximum absolute atomic E-state index is 13.1. The number of para-hydroxylation sites is 1. The summed E-state index contributed by atoms with van der Waals surface area (Å²) in [5.41, 5.74) is 0.341. The van der Waals surface area contributed by atoms with Crippen molar-refractivity contribution in [2.45, 2.75) is 44.3 Å². The van der Waals surface area contributed by atoms with Crippen LogP contribution in [0.3, 0.4) is 0 Å². The monoisotopic (exact) mass is 356 g/mol. The van der Waals surface area contributed by atoms with Crippen molar-refractivity contribution in [1.82, 2.24) is 15.5 Å². The van der Waals surface area contributed by atoms with Gasteiger partial charge in [0.1, 0.15) is 12.2 Å². The SMILES string of the molecule is CC12CCC(=O)N1c1ccccc1C(=O)N2CC(=O)N[C@H]1CCCNC1. The zero-order valence-corrected chi connectivity index (χ0v) is 15.0. The fourth-order valence-corrected chi connectivity index (χ4v) is 4.33. The molecule has 0 radical (unpaired) electrons. The Morgan fingerprint density at radius 1 is 1.35 bits per heavy atom. The lowest BCUT2D eigenvalue weighted by atomic mass is 9.98. The predicted molar refractivity (Wildman–Crippen MR) is 96.6 cm³/mol. The first-order chi connectivity index (χ1) is 12.5. The second kappa shape index (κ2) is 6.39. The van der Waals surface area contributed by atoms with E-state index in [0.717, 1.165) is 25.9 Å². The molecular weight excluding hydrogens is 332 g/mol. The van der Waals surface area contributed by atoms with Crippen molar-refractivity contribution >= 4 is 23.4 Å². The molecular formula is C19H24N4O3. The van der Waals surface area contributed by atoms with Gasteiger partial charge in [-0.05, 0) is 44.9 Å². The fraction of sp³-hybridized carbons (Fsp3) is 0.526. The van der Waals surface area contributed by atoms with Crippen LogP contribution < -0.4 is 15.5 Å². The van der Waals surface area contributed by atoms with Gasteiger partial charge in [-0.2, -0.15) is 0 Å². The van der Waals surface area contributed by atoms with Gasteiger partial charge < -0.3 is 15.5 Å². The molecule has 3 heterocycles. The van der Waals surface area contributed by atoms with Crippen LogP contribution in [-0.4, -0.2) is 54.0 Å². The number of carbonyl (C=O) groups excluding carboxylic acids is 3. The van der Waals surface area contributed by atoms with Crippen molar-refractivity contribution in [3.05, 3.63) is 29.8 Å². The first kappa shape index (κ1) is 17.0. The Morgan fingerprint density at radius 2 is 2.15 bits per heavy atom. The molecule has 3 aliphatic rings. The van der Waals surface area contributed by atoms with E-state index >= 15 is 0 Å². The molecule has 2 atom stereocenters. The molecule has 1 aromatic rings. The van der Waals surface area contributed by atoms with Crippen molar-refractivity contribution in [2.24, 2.45) is 0 Å². The van der Waals surface area contributed by atoms with E-state index in [1.54, 1.807) is 28.0 Å². The average molecular weight is 356 g/mol. The molecule has 0 saturated carbocycles. The minimum absolute atomic E-state index is 0.00524. The summed E-state index contributed by atoms with van der Waals surface area (Å²) < 4.78 is 0. The molecule has 2 fully saturated rings. The number of benzene rings is 1. The molecule has 7 nitrogen and oxygen atoms in total. The van der Waals surface area contributed by atoms with Gasteiger partial charge in [0.05, 0.1) is 11.3 Å². The summed E-state index contributed by atoms with van der Waals surface area (Å²) in [7, 11) is 0. The van der Waals surface area contributed by atoms with Gasteiger partial charge in [-0.3, -0.25) is 19.3 Å². The third kappa shape index (κ3) is 2.67. The summed E-state index contributed by atoms with van der Waals surface area (Å²) in [5.74, 6) is -0.368. The van der Waals surface area contributed by atoms with E-state index in [-0.39, 0.29) is 30.3 Å². The minimum atomic E-state index is -0.787. The summed E-state index contributed by atoms with van der Waals surface area (Å²) in [4.78, 5) is 41.5. The molecule has 0 aromatic heterocycles. The molecule has 1 unspecified atom stereocenters. The third-order valence-corrected chi connectivity index (χ3v) is 5.71. The second-order valence-electron chi connectivity index (χ2n) is 7.47. The van der Waals surface area contributed by atoms with Crippen LogP contribution in [0, 0.1) is 0 Å². The Hall–Kier alpha value is -2.41. The van der Waals surface area contributed by atoms with E-state index < -0.39 is 5.66 Å².